The van der Waals surface area contributed by atoms with E-state index in [2.05, 4.69) is 15.9 Å². The molecular weight excluding hydrogens is 192 g/mol. The predicted molar refractivity (Wildman–Crippen MR) is 46.6 cm³/mol. The lowest BCUT2D eigenvalue weighted by Gasteiger charge is -2.04. The van der Waals surface area contributed by atoms with Crippen LogP contribution in [0.1, 0.15) is 25.7 Å². The zero-order valence-electron chi connectivity index (χ0n) is 6.31. The topological polar surface area (TPSA) is 9.23 Å². The average molecular weight is 207 g/mol. The van der Waals surface area contributed by atoms with Crippen LogP contribution in [0.5, 0.6) is 0 Å². The highest BCUT2D eigenvalue weighted by Crippen LogP contribution is 2.18. The van der Waals surface area contributed by atoms with Gasteiger partial charge in [0, 0.05) is 18.5 Å². The Balaban J connectivity index is 1.91. The number of hydrogen-bond donors (Lipinski definition) is 0. The van der Waals surface area contributed by atoms with E-state index in [1.807, 2.05) is 0 Å². The molecule has 60 valence electrons. The third-order valence-electron chi connectivity index (χ3n) is 2.02. The Bertz CT molecular complexity index is 79.3. The minimum Gasteiger partial charge on any atom is -0.381 e. The van der Waals surface area contributed by atoms with Crippen LogP contribution < -0.4 is 0 Å². The van der Waals surface area contributed by atoms with Crippen LogP contribution in [0.4, 0.5) is 0 Å². The molecule has 1 atom stereocenters. The Morgan fingerprint density at radius 1 is 1.40 bits per heavy atom. The van der Waals surface area contributed by atoms with Crippen LogP contribution in [-0.4, -0.2) is 18.5 Å². The molecular formula is C8H15BrO. The first kappa shape index (κ1) is 8.54. The van der Waals surface area contributed by atoms with E-state index in [9.17, 15) is 0 Å². The van der Waals surface area contributed by atoms with Crippen molar-refractivity contribution in [2.24, 2.45) is 5.92 Å². The van der Waals surface area contributed by atoms with E-state index >= 15 is 0 Å². The summed E-state index contributed by atoms with van der Waals surface area (Å²) in [5.41, 5.74) is 0. The highest BCUT2D eigenvalue weighted by atomic mass is 79.9. The lowest BCUT2D eigenvalue weighted by atomic mass is 10.0. The maximum absolute atomic E-state index is 5.28. The molecule has 2 heteroatoms. The molecule has 0 bridgehead atoms. The standard InChI is InChI=1S/C8H15BrO/c9-5-2-1-3-8-4-6-10-7-8/h8H,1-7H2. The van der Waals surface area contributed by atoms with Crippen molar-refractivity contribution < 1.29 is 4.74 Å². The largest absolute Gasteiger partial charge is 0.381 e. The van der Waals surface area contributed by atoms with Crippen LogP contribution in [0, 0.1) is 5.92 Å². The van der Waals surface area contributed by atoms with E-state index in [0.29, 0.717) is 0 Å². The van der Waals surface area contributed by atoms with E-state index in [1.54, 1.807) is 0 Å². The van der Waals surface area contributed by atoms with E-state index in [0.717, 1.165) is 24.5 Å². The van der Waals surface area contributed by atoms with Gasteiger partial charge in [-0.25, -0.2) is 0 Å². The van der Waals surface area contributed by atoms with Gasteiger partial charge in [0.2, 0.25) is 0 Å². The average Bonchev–Trinajstić information content (AvgIpc) is 2.41. The van der Waals surface area contributed by atoms with Gasteiger partial charge in [-0.3, -0.25) is 0 Å². The molecule has 0 amide bonds. The van der Waals surface area contributed by atoms with E-state index in [1.165, 1.54) is 25.7 Å². The third kappa shape index (κ3) is 3.02. The molecule has 1 unspecified atom stereocenters. The minimum absolute atomic E-state index is 0.874. The number of rotatable bonds is 4. The maximum Gasteiger partial charge on any atom is 0.0495 e. The van der Waals surface area contributed by atoms with Gasteiger partial charge >= 0.3 is 0 Å². The first-order valence-electron chi connectivity index (χ1n) is 4.07. The number of ether oxygens (including phenoxy) is 1. The van der Waals surface area contributed by atoms with Crippen molar-refractivity contribution in [3.63, 3.8) is 0 Å². The molecule has 0 aliphatic carbocycles. The molecule has 1 aliphatic rings. The molecule has 1 saturated heterocycles. The minimum atomic E-state index is 0.874. The summed E-state index contributed by atoms with van der Waals surface area (Å²) in [6.07, 6.45) is 5.34. The quantitative estimate of drug-likeness (QED) is 0.508. The summed E-state index contributed by atoms with van der Waals surface area (Å²) < 4.78 is 5.28. The Labute approximate surface area is 71.3 Å². The van der Waals surface area contributed by atoms with Crippen molar-refractivity contribution in [1.29, 1.82) is 0 Å². The van der Waals surface area contributed by atoms with Crippen LogP contribution >= 0.6 is 15.9 Å². The highest BCUT2D eigenvalue weighted by molar-refractivity contribution is 9.09. The molecule has 0 N–H and O–H groups in total. The lowest BCUT2D eigenvalue weighted by molar-refractivity contribution is 0.184. The molecule has 10 heavy (non-hydrogen) atoms. The number of unbranched alkanes of at least 4 members (excludes halogenated alkanes) is 1. The van der Waals surface area contributed by atoms with Crippen LogP contribution in [0.2, 0.25) is 0 Å². The van der Waals surface area contributed by atoms with Crippen molar-refractivity contribution in [2.45, 2.75) is 25.7 Å². The fourth-order valence-electron chi connectivity index (χ4n) is 1.34. The van der Waals surface area contributed by atoms with Crippen LogP contribution in [0.3, 0.4) is 0 Å². The molecule has 0 aromatic heterocycles. The van der Waals surface area contributed by atoms with Crippen molar-refractivity contribution >= 4 is 15.9 Å². The molecule has 0 aromatic rings. The molecule has 1 nitrogen and oxygen atoms in total. The van der Waals surface area contributed by atoms with E-state index < -0.39 is 0 Å². The summed E-state index contributed by atoms with van der Waals surface area (Å²) in [6.45, 7) is 2.02. The normalized spacial score (nSPS) is 25.5. The van der Waals surface area contributed by atoms with Gasteiger partial charge in [-0.1, -0.05) is 22.4 Å². The lowest BCUT2D eigenvalue weighted by Crippen LogP contribution is -1.98. The molecule has 0 radical (unpaired) electrons. The van der Waals surface area contributed by atoms with Gasteiger partial charge in [0.25, 0.3) is 0 Å². The molecule has 1 heterocycles. The SMILES string of the molecule is BrCCCCC1CCOC1. The van der Waals surface area contributed by atoms with Crippen molar-refractivity contribution in [3.05, 3.63) is 0 Å². The summed E-state index contributed by atoms with van der Waals surface area (Å²) in [4.78, 5) is 0. The second-order valence-electron chi connectivity index (χ2n) is 2.91. The fourth-order valence-corrected chi connectivity index (χ4v) is 1.74. The van der Waals surface area contributed by atoms with Crippen LogP contribution in [-0.2, 0) is 4.74 Å². The summed E-state index contributed by atoms with van der Waals surface area (Å²) >= 11 is 3.43. The summed E-state index contributed by atoms with van der Waals surface area (Å²) in [6, 6.07) is 0. The smallest absolute Gasteiger partial charge is 0.0495 e. The highest BCUT2D eigenvalue weighted by Gasteiger charge is 2.14. The number of alkyl halides is 1. The van der Waals surface area contributed by atoms with E-state index in [4.69, 9.17) is 4.74 Å². The Morgan fingerprint density at radius 3 is 2.90 bits per heavy atom. The Kier molecular flexibility index (Phi) is 4.39. The Morgan fingerprint density at radius 2 is 2.30 bits per heavy atom. The fraction of sp³-hybridized carbons (Fsp3) is 1.00. The zero-order chi connectivity index (χ0) is 7.23. The van der Waals surface area contributed by atoms with Crippen LogP contribution in [0.15, 0.2) is 0 Å². The summed E-state index contributed by atoms with van der Waals surface area (Å²) in [5.74, 6) is 0.874. The third-order valence-corrected chi connectivity index (χ3v) is 2.58. The van der Waals surface area contributed by atoms with Gasteiger partial charge in [0.05, 0.1) is 0 Å². The number of hydrogen-bond acceptors (Lipinski definition) is 1. The second-order valence-corrected chi connectivity index (χ2v) is 3.71. The maximum atomic E-state index is 5.28. The predicted octanol–water partition coefficient (Wildman–Crippen LogP) is 2.59. The molecule has 0 saturated carbocycles. The molecule has 1 fully saturated rings. The van der Waals surface area contributed by atoms with Crippen LogP contribution in [0.25, 0.3) is 0 Å². The Hall–Kier alpha value is 0.440. The van der Waals surface area contributed by atoms with Crippen molar-refractivity contribution in [3.8, 4) is 0 Å². The van der Waals surface area contributed by atoms with E-state index in [-0.39, 0.29) is 0 Å². The summed E-state index contributed by atoms with van der Waals surface area (Å²) in [7, 11) is 0. The van der Waals surface area contributed by atoms with Gasteiger partial charge in [-0.05, 0) is 25.2 Å². The summed E-state index contributed by atoms with van der Waals surface area (Å²) in [5, 5.41) is 1.15. The molecule has 0 aromatic carbocycles. The first-order valence-corrected chi connectivity index (χ1v) is 5.19. The second kappa shape index (κ2) is 5.14. The monoisotopic (exact) mass is 206 g/mol. The van der Waals surface area contributed by atoms with Gasteiger partial charge in [0.15, 0.2) is 0 Å². The van der Waals surface area contributed by atoms with Gasteiger partial charge in [-0.15, -0.1) is 0 Å². The molecule has 1 aliphatic heterocycles. The van der Waals surface area contributed by atoms with Gasteiger partial charge in [-0.2, -0.15) is 0 Å². The molecule has 0 spiro atoms. The zero-order valence-corrected chi connectivity index (χ0v) is 7.90. The van der Waals surface area contributed by atoms with Gasteiger partial charge < -0.3 is 4.74 Å². The molecule has 1 rings (SSSR count). The first-order chi connectivity index (χ1) is 4.93. The van der Waals surface area contributed by atoms with Crippen molar-refractivity contribution in [1.82, 2.24) is 0 Å². The number of halogens is 1. The van der Waals surface area contributed by atoms with Crippen molar-refractivity contribution in [2.75, 3.05) is 18.5 Å². The van der Waals surface area contributed by atoms with Gasteiger partial charge in [0.1, 0.15) is 0 Å².